The molecule has 2 nitrogen and oxygen atoms in total. The Morgan fingerprint density at radius 1 is 1.62 bits per heavy atom. The van der Waals surface area contributed by atoms with E-state index in [-0.39, 0.29) is 12.1 Å². The van der Waals surface area contributed by atoms with E-state index in [0.29, 0.717) is 0 Å². The first-order valence-electron chi connectivity index (χ1n) is 4.53. The zero-order valence-electron chi connectivity index (χ0n) is 8.19. The maximum absolute atomic E-state index is 5.97. The average molecular weight is 199 g/mol. The third-order valence-electron chi connectivity index (χ3n) is 2.08. The lowest BCUT2D eigenvalue weighted by molar-refractivity contribution is 0.105. The molecule has 0 bridgehead atoms. The van der Waals surface area contributed by atoms with Gasteiger partial charge in [0.1, 0.15) is 0 Å². The number of rotatable bonds is 5. The van der Waals surface area contributed by atoms with E-state index in [1.165, 1.54) is 4.88 Å². The van der Waals surface area contributed by atoms with Crippen LogP contribution < -0.4 is 5.73 Å². The van der Waals surface area contributed by atoms with Crippen molar-refractivity contribution in [1.82, 2.24) is 0 Å². The standard InChI is InChI=1S/C10H17NOS/c1-8(12-2)6-9(11)7-10-4-3-5-13-10/h3-5,8-9H,6-7,11H2,1-2H3. The molecule has 74 valence electrons. The molecule has 2 unspecified atom stereocenters. The predicted molar refractivity (Wildman–Crippen MR) is 57.1 cm³/mol. The molecule has 0 saturated heterocycles. The van der Waals surface area contributed by atoms with Gasteiger partial charge in [0, 0.05) is 18.0 Å². The van der Waals surface area contributed by atoms with Crippen molar-refractivity contribution in [2.75, 3.05) is 7.11 Å². The Bertz CT molecular complexity index is 223. The van der Waals surface area contributed by atoms with Crippen LogP contribution in [0.2, 0.25) is 0 Å². The van der Waals surface area contributed by atoms with Gasteiger partial charge in [-0.05, 0) is 31.2 Å². The predicted octanol–water partition coefficient (Wildman–Crippen LogP) is 2.04. The van der Waals surface area contributed by atoms with Gasteiger partial charge in [-0.3, -0.25) is 0 Å². The topological polar surface area (TPSA) is 35.2 Å². The molecule has 0 aliphatic heterocycles. The van der Waals surface area contributed by atoms with Crippen LogP contribution in [0.3, 0.4) is 0 Å². The molecule has 0 aromatic carbocycles. The van der Waals surface area contributed by atoms with Crippen molar-refractivity contribution in [2.24, 2.45) is 5.73 Å². The number of ether oxygens (including phenoxy) is 1. The molecule has 0 fully saturated rings. The number of nitrogens with two attached hydrogens (primary N) is 1. The van der Waals surface area contributed by atoms with Gasteiger partial charge in [-0.1, -0.05) is 6.07 Å². The van der Waals surface area contributed by atoms with Crippen molar-refractivity contribution in [2.45, 2.75) is 31.9 Å². The fraction of sp³-hybridized carbons (Fsp3) is 0.600. The van der Waals surface area contributed by atoms with Crippen LogP contribution in [0.25, 0.3) is 0 Å². The van der Waals surface area contributed by atoms with Gasteiger partial charge < -0.3 is 10.5 Å². The lowest BCUT2D eigenvalue weighted by atomic mass is 10.1. The molecule has 0 spiro atoms. The van der Waals surface area contributed by atoms with E-state index in [9.17, 15) is 0 Å². The number of thiophene rings is 1. The average Bonchev–Trinajstić information content (AvgIpc) is 2.56. The van der Waals surface area contributed by atoms with Gasteiger partial charge in [0.05, 0.1) is 6.10 Å². The van der Waals surface area contributed by atoms with E-state index in [4.69, 9.17) is 10.5 Å². The number of hydrogen-bond donors (Lipinski definition) is 1. The van der Waals surface area contributed by atoms with Gasteiger partial charge >= 0.3 is 0 Å². The summed E-state index contributed by atoms with van der Waals surface area (Å²) >= 11 is 1.77. The van der Waals surface area contributed by atoms with Gasteiger partial charge in [-0.2, -0.15) is 0 Å². The van der Waals surface area contributed by atoms with Gasteiger partial charge in [0.25, 0.3) is 0 Å². The van der Waals surface area contributed by atoms with Gasteiger partial charge in [-0.25, -0.2) is 0 Å². The van der Waals surface area contributed by atoms with E-state index in [1.807, 2.05) is 6.92 Å². The van der Waals surface area contributed by atoms with Crippen molar-refractivity contribution in [3.63, 3.8) is 0 Å². The highest BCUT2D eigenvalue weighted by Crippen LogP contribution is 2.12. The minimum absolute atomic E-state index is 0.216. The maximum atomic E-state index is 5.97. The zero-order chi connectivity index (χ0) is 9.68. The van der Waals surface area contributed by atoms with Crippen LogP contribution in [0.15, 0.2) is 17.5 Å². The van der Waals surface area contributed by atoms with Crippen molar-refractivity contribution in [3.05, 3.63) is 22.4 Å². The van der Waals surface area contributed by atoms with E-state index < -0.39 is 0 Å². The first kappa shape index (κ1) is 10.7. The second kappa shape index (κ2) is 5.37. The molecule has 2 N–H and O–H groups in total. The molecular weight excluding hydrogens is 182 g/mol. The summed E-state index contributed by atoms with van der Waals surface area (Å²) in [5, 5.41) is 2.09. The largest absolute Gasteiger partial charge is 0.382 e. The van der Waals surface area contributed by atoms with Gasteiger partial charge in [0.15, 0.2) is 0 Å². The number of hydrogen-bond acceptors (Lipinski definition) is 3. The second-order valence-electron chi connectivity index (χ2n) is 3.33. The normalized spacial score (nSPS) is 15.6. The van der Waals surface area contributed by atoms with E-state index >= 15 is 0 Å². The molecule has 2 atom stereocenters. The summed E-state index contributed by atoms with van der Waals surface area (Å²) in [4.78, 5) is 1.36. The van der Waals surface area contributed by atoms with Gasteiger partial charge in [-0.15, -0.1) is 11.3 Å². The first-order chi connectivity index (χ1) is 6.22. The Labute approximate surface area is 83.7 Å². The van der Waals surface area contributed by atoms with Crippen LogP contribution >= 0.6 is 11.3 Å². The molecule has 13 heavy (non-hydrogen) atoms. The highest BCUT2D eigenvalue weighted by molar-refractivity contribution is 7.09. The molecule has 1 aromatic rings. The highest BCUT2D eigenvalue weighted by Gasteiger charge is 2.09. The molecule has 0 radical (unpaired) electrons. The second-order valence-corrected chi connectivity index (χ2v) is 4.36. The lowest BCUT2D eigenvalue weighted by Gasteiger charge is -2.15. The number of methoxy groups -OCH3 is 1. The van der Waals surface area contributed by atoms with Crippen molar-refractivity contribution in [1.29, 1.82) is 0 Å². The maximum Gasteiger partial charge on any atom is 0.0558 e. The van der Waals surface area contributed by atoms with Crippen LogP contribution in [-0.2, 0) is 11.2 Å². The minimum atomic E-state index is 0.216. The van der Waals surface area contributed by atoms with E-state index in [2.05, 4.69) is 17.5 Å². The smallest absolute Gasteiger partial charge is 0.0558 e. The van der Waals surface area contributed by atoms with Crippen LogP contribution in [0.4, 0.5) is 0 Å². The summed E-state index contributed by atoms with van der Waals surface area (Å²) < 4.78 is 5.16. The summed E-state index contributed by atoms with van der Waals surface area (Å²) in [6, 6.07) is 4.41. The van der Waals surface area contributed by atoms with Crippen LogP contribution in [0.1, 0.15) is 18.2 Å². The Morgan fingerprint density at radius 2 is 2.38 bits per heavy atom. The highest BCUT2D eigenvalue weighted by atomic mass is 32.1. The van der Waals surface area contributed by atoms with Crippen LogP contribution in [0.5, 0.6) is 0 Å². The Morgan fingerprint density at radius 3 is 2.92 bits per heavy atom. The fourth-order valence-electron chi connectivity index (χ4n) is 1.29. The molecule has 0 aliphatic rings. The molecule has 1 aromatic heterocycles. The van der Waals surface area contributed by atoms with Crippen LogP contribution in [-0.4, -0.2) is 19.3 Å². The zero-order valence-corrected chi connectivity index (χ0v) is 9.01. The Kier molecular flexibility index (Phi) is 4.42. The Balaban J connectivity index is 2.29. The summed E-state index contributed by atoms with van der Waals surface area (Å²) in [6.45, 7) is 2.05. The molecule has 1 heterocycles. The monoisotopic (exact) mass is 199 g/mol. The fourth-order valence-corrected chi connectivity index (χ4v) is 2.09. The molecular formula is C10H17NOS. The molecule has 1 rings (SSSR count). The third kappa shape index (κ3) is 3.89. The van der Waals surface area contributed by atoms with Crippen LogP contribution in [0, 0.1) is 0 Å². The lowest BCUT2D eigenvalue weighted by Crippen LogP contribution is -2.27. The molecule has 0 aliphatic carbocycles. The van der Waals surface area contributed by atoms with Crippen molar-refractivity contribution in [3.8, 4) is 0 Å². The van der Waals surface area contributed by atoms with Crippen molar-refractivity contribution < 1.29 is 4.74 Å². The first-order valence-corrected chi connectivity index (χ1v) is 5.41. The minimum Gasteiger partial charge on any atom is -0.382 e. The van der Waals surface area contributed by atoms with Gasteiger partial charge in [0.2, 0.25) is 0 Å². The summed E-state index contributed by atoms with van der Waals surface area (Å²) in [7, 11) is 1.72. The van der Waals surface area contributed by atoms with Crippen molar-refractivity contribution >= 4 is 11.3 Å². The van der Waals surface area contributed by atoms with E-state index in [1.54, 1.807) is 18.4 Å². The SMILES string of the molecule is COC(C)CC(N)Cc1cccs1. The summed E-state index contributed by atoms with van der Waals surface area (Å²) in [6.07, 6.45) is 2.15. The molecule has 3 heteroatoms. The third-order valence-corrected chi connectivity index (χ3v) is 2.98. The quantitative estimate of drug-likeness (QED) is 0.787. The summed E-state index contributed by atoms with van der Waals surface area (Å²) in [5.41, 5.74) is 5.97. The molecule has 0 amide bonds. The van der Waals surface area contributed by atoms with E-state index in [0.717, 1.165) is 12.8 Å². The molecule has 0 saturated carbocycles. The summed E-state index contributed by atoms with van der Waals surface area (Å²) in [5.74, 6) is 0. The Hall–Kier alpha value is -0.380.